The summed E-state index contributed by atoms with van der Waals surface area (Å²) in [6.45, 7) is 4.16. The predicted octanol–water partition coefficient (Wildman–Crippen LogP) is 3.90. The Morgan fingerprint density at radius 1 is 1.26 bits per heavy atom. The average molecular weight is 387 g/mol. The highest BCUT2D eigenvalue weighted by Gasteiger charge is 2.43. The summed E-state index contributed by atoms with van der Waals surface area (Å²) in [5.74, 6) is 0.0887. The SMILES string of the molecule is COC(=O)C1(NC(=O)Cc2ccc(-c3csc(C)n3)cc2)CCC(C)CC1. The summed E-state index contributed by atoms with van der Waals surface area (Å²) in [4.78, 5) is 29.4. The van der Waals surface area contributed by atoms with Crippen molar-refractivity contribution in [3.8, 4) is 11.3 Å². The van der Waals surface area contributed by atoms with Crippen LogP contribution < -0.4 is 5.32 Å². The second-order valence-electron chi connectivity index (χ2n) is 7.43. The summed E-state index contributed by atoms with van der Waals surface area (Å²) >= 11 is 1.62. The molecule has 1 aliphatic rings. The number of benzene rings is 1. The minimum absolute atomic E-state index is 0.146. The smallest absolute Gasteiger partial charge is 0.331 e. The van der Waals surface area contributed by atoms with Crippen molar-refractivity contribution in [3.63, 3.8) is 0 Å². The van der Waals surface area contributed by atoms with Gasteiger partial charge < -0.3 is 10.1 Å². The fraction of sp³-hybridized carbons (Fsp3) is 0.476. The Bertz CT molecular complexity index is 805. The van der Waals surface area contributed by atoms with Crippen LogP contribution >= 0.6 is 11.3 Å². The lowest BCUT2D eigenvalue weighted by Crippen LogP contribution is -2.57. The maximum absolute atomic E-state index is 12.6. The molecule has 6 heteroatoms. The van der Waals surface area contributed by atoms with Gasteiger partial charge in [-0.2, -0.15) is 0 Å². The Labute approximate surface area is 164 Å². The van der Waals surface area contributed by atoms with E-state index in [0.717, 1.165) is 34.7 Å². The van der Waals surface area contributed by atoms with Crippen molar-refractivity contribution in [3.05, 3.63) is 40.2 Å². The van der Waals surface area contributed by atoms with Crippen molar-refractivity contribution in [2.75, 3.05) is 7.11 Å². The highest BCUT2D eigenvalue weighted by molar-refractivity contribution is 7.09. The number of nitrogens with zero attached hydrogens (tertiary/aromatic N) is 1. The predicted molar refractivity (Wildman–Crippen MR) is 107 cm³/mol. The van der Waals surface area contributed by atoms with Gasteiger partial charge in [0.05, 0.1) is 24.2 Å². The molecule has 1 aliphatic carbocycles. The zero-order valence-corrected chi connectivity index (χ0v) is 16.9. The van der Waals surface area contributed by atoms with Gasteiger partial charge in [-0.25, -0.2) is 9.78 Å². The number of aryl methyl sites for hydroxylation is 1. The van der Waals surface area contributed by atoms with Crippen molar-refractivity contribution < 1.29 is 14.3 Å². The molecule has 0 aliphatic heterocycles. The van der Waals surface area contributed by atoms with E-state index < -0.39 is 5.54 Å². The molecule has 1 aromatic carbocycles. The van der Waals surface area contributed by atoms with E-state index in [0.29, 0.717) is 18.8 Å². The summed E-state index contributed by atoms with van der Waals surface area (Å²) in [6.07, 6.45) is 3.34. The maximum Gasteiger partial charge on any atom is 0.331 e. The number of thiazole rings is 1. The summed E-state index contributed by atoms with van der Waals surface area (Å²) in [7, 11) is 1.38. The molecule has 1 N–H and O–H groups in total. The molecule has 1 amide bonds. The molecule has 27 heavy (non-hydrogen) atoms. The van der Waals surface area contributed by atoms with Gasteiger partial charge in [0.1, 0.15) is 5.54 Å². The molecule has 0 bridgehead atoms. The first kappa shape index (κ1) is 19.5. The second-order valence-corrected chi connectivity index (χ2v) is 8.49. The summed E-state index contributed by atoms with van der Waals surface area (Å²) in [5.41, 5.74) is 2.02. The van der Waals surface area contributed by atoms with E-state index in [2.05, 4.69) is 17.2 Å². The van der Waals surface area contributed by atoms with Crippen LogP contribution in [0.3, 0.4) is 0 Å². The quantitative estimate of drug-likeness (QED) is 0.792. The van der Waals surface area contributed by atoms with Crippen LogP contribution in [0.2, 0.25) is 0 Å². The van der Waals surface area contributed by atoms with Gasteiger partial charge in [-0.3, -0.25) is 4.79 Å². The van der Waals surface area contributed by atoms with Crippen molar-refractivity contribution in [2.45, 2.75) is 51.5 Å². The zero-order valence-electron chi connectivity index (χ0n) is 16.1. The van der Waals surface area contributed by atoms with Gasteiger partial charge in [0.2, 0.25) is 5.91 Å². The molecule has 0 spiro atoms. The lowest BCUT2D eigenvalue weighted by Gasteiger charge is -2.37. The number of hydrogen-bond donors (Lipinski definition) is 1. The van der Waals surface area contributed by atoms with Gasteiger partial charge in [-0.1, -0.05) is 31.2 Å². The van der Waals surface area contributed by atoms with Crippen LogP contribution in [0.25, 0.3) is 11.3 Å². The molecule has 1 fully saturated rings. The fourth-order valence-electron chi connectivity index (χ4n) is 3.62. The van der Waals surface area contributed by atoms with Crippen molar-refractivity contribution in [1.29, 1.82) is 0 Å². The van der Waals surface area contributed by atoms with Gasteiger partial charge in [0.15, 0.2) is 0 Å². The molecule has 144 valence electrons. The third-order valence-electron chi connectivity index (χ3n) is 5.32. The molecular weight excluding hydrogens is 360 g/mol. The van der Waals surface area contributed by atoms with Crippen molar-refractivity contribution >= 4 is 23.2 Å². The van der Waals surface area contributed by atoms with Crippen molar-refractivity contribution in [2.24, 2.45) is 5.92 Å². The van der Waals surface area contributed by atoms with E-state index in [-0.39, 0.29) is 18.3 Å². The first-order valence-corrected chi connectivity index (χ1v) is 10.2. The third kappa shape index (κ3) is 4.56. The first-order chi connectivity index (χ1) is 12.9. The molecule has 1 heterocycles. The number of rotatable bonds is 5. The zero-order chi connectivity index (χ0) is 19.4. The Morgan fingerprint density at radius 3 is 2.48 bits per heavy atom. The summed E-state index contributed by atoms with van der Waals surface area (Å²) in [6, 6.07) is 7.85. The molecule has 3 rings (SSSR count). The minimum atomic E-state index is -0.879. The van der Waals surface area contributed by atoms with Crippen LogP contribution in [0.5, 0.6) is 0 Å². The summed E-state index contributed by atoms with van der Waals surface area (Å²) < 4.78 is 4.99. The molecule has 0 unspecified atom stereocenters. The molecule has 1 saturated carbocycles. The largest absolute Gasteiger partial charge is 0.467 e. The van der Waals surface area contributed by atoms with Crippen LogP contribution in [0.1, 0.15) is 43.2 Å². The standard InChI is InChI=1S/C21H26N2O3S/c1-14-8-10-21(11-9-14,20(25)26-3)23-19(24)12-16-4-6-17(7-5-16)18-13-27-15(2)22-18/h4-7,13-14H,8-12H2,1-3H3,(H,23,24). The second kappa shape index (κ2) is 8.21. The van der Waals surface area contributed by atoms with Gasteiger partial charge in [-0.05, 0) is 44.1 Å². The highest BCUT2D eigenvalue weighted by Crippen LogP contribution is 2.33. The van der Waals surface area contributed by atoms with E-state index in [1.807, 2.05) is 36.6 Å². The fourth-order valence-corrected chi connectivity index (χ4v) is 4.24. The number of esters is 1. The van der Waals surface area contributed by atoms with E-state index in [9.17, 15) is 9.59 Å². The van der Waals surface area contributed by atoms with Gasteiger partial charge >= 0.3 is 5.97 Å². The number of amides is 1. The topological polar surface area (TPSA) is 68.3 Å². The lowest BCUT2D eigenvalue weighted by atomic mass is 9.77. The average Bonchev–Trinajstić information content (AvgIpc) is 3.10. The van der Waals surface area contributed by atoms with Gasteiger partial charge in [0, 0.05) is 10.9 Å². The molecule has 5 nitrogen and oxygen atoms in total. The van der Waals surface area contributed by atoms with E-state index in [1.54, 1.807) is 11.3 Å². The molecule has 0 saturated heterocycles. The Balaban J connectivity index is 1.66. The number of methoxy groups -OCH3 is 1. The first-order valence-electron chi connectivity index (χ1n) is 9.33. The van der Waals surface area contributed by atoms with Gasteiger partial charge in [-0.15, -0.1) is 11.3 Å². The van der Waals surface area contributed by atoms with Crippen molar-refractivity contribution in [1.82, 2.24) is 10.3 Å². The highest BCUT2D eigenvalue weighted by atomic mass is 32.1. The molecule has 0 radical (unpaired) electrons. The molecule has 1 aromatic heterocycles. The Hall–Kier alpha value is -2.21. The number of hydrogen-bond acceptors (Lipinski definition) is 5. The van der Waals surface area contributed by atoms with E-state index >= 15 is 0 Å². The van der Waals surface area contributed by atoms with Crippen LogP contribution in [-0.2, 0) is 20.7 Å². The number of carbonyl (C=O) groups is 2. The van der Waals surface area contributed by atoms with E-state index in [1.165, 1.54) is 7.11 Å². The van der Waals surface area contributed by atoms with Crippen LogP contribution in [0, 0.1) is 12.8 Å². The Morgan fingerprint density at radius 2 is 1.93 bits per heavy atom. The van der Waals surface area contributed by atoms with Crippen LogP contribution in [-0.4, -0.2) is 29.5 Å². The number of nitrogens with one attached hydrogen (secondary N) is 1. The van der Waals surface area contributed by atoms with E-state index in [4.69, 9.17) is 4.74 Å². The number of ether oxygens (including phenoxy) is 1. The monoisotopic (exact) mass is 386 g/mol. The minimum Gasteiger partial charge on any atom is -0.467 e. The van der Waals surface area contributed by atoms with Gasteiger partial charge in [0.25, 0.3) is 0 Å². The molecular formula is C21H26N2O3S. The molecule has 0 atom stereocenters. The third-order valence-corrected chi connectivity index (χ3v) is 6.09. The molecule has 2 aromatic rings. The normalized spacial score (nSPS) is 22.3. The number of aromatic nitrogens is 1. The van der Waals surface area contributed by atoms with Crippen LogP contribution in [0.4, 0.5) is 0 Å². The maximum atomic E-state index is 12.6. The number of carbonyl (C=O) groups excluding carboxylic acids is 2. The van der Waals surface area contributed by atoms with Crippen LogP contribution in [0.15, 0.2) is 29.6 Å². The lowest BCUT2D eigenvalue weighted by molar-refractivity contribution is -0.153. The Kier molecular flexibility index (Phi) is 5.95. The summed E-state index contributed by atoms with van der Waals surface area (Å²) in [5, 5.41) is 6.04.